The first-order chi connectivity index (χ1) is 15.2. The lowest BCUT2D eigenvalue weighted by Crippen LogP contribution is -2.49. The highest BCUT2D eigenvalue weighted by molar-refractivity contribution is 5.89. The monoisotopic (exact) mass is 412 g/mol. The number of anilines is 1. The van der Waals surface area contributed by atoms with E-state index in [1.807, 2.05) is 12.1 Å². The van der Waals surface area contributed by atoms with Gasteiger partial charge in [-0.3, -0.25) is 0 Å². The number of hydrogen-bond acceptors (Lipinski definition) is 4. The Balaban J connectivity index is 1.21. The second-order valence-electron chi connectivity index (χ2n) is 9.43. The molecule has 1 N–H and O–H groups in total. The molecule has 2 heterocycles. The molecule has 3 aliphatic rings. The van der Waals surface area contributed by atoms with Gasteiger partial charge in [-0.05, 0) is 98.8 Å². The lowest BCUT2D eigenvalue weighted by atomic mass is 9.98. The predicted octanol–water partition coefficient (Wildman–Crippen LogP) is 4.31. The first-order valence-electron chi connectivity index (χ1n) is 11.7. The normalized spacial score (nSPS) is 20.4. The van der Waals surface area contributed by atoms with Gasteiger partial charge in [-0.1, -0.05) is 24.3 Å². The molecule has 2 saturated heterocycles. The average Bonchev–Trinajstić information content (AvgIpc) is 3.24. The van der Waals surface area contributed by atoms with E-state index in [2.05, 4.69) is 64.6 Å². The van der Waals surface area contributed by atoms with Crippen molar-refractivity contribution in [2.75, 3.05) is 38.1 Å². The number of fused-ring (bicyclic) bond motifs is 1. The Morgan fingerprint density at radius 2 is 1.68 bits per heavy atom. The second-order valence-corrected chi connectivity index (χ2v) is 9.43. The fourth-order valence-electron chi connectivity index (χ4n) is 5.30. The van der Waals surface area contributed by atoms with Crippen molar-refractivity contribution in [2.45, 2.75) is 44.2 Å². The van der Waals surface area contributed by atoms with Crippen LogP contribution >= 0.6 is 0 Å². The van der Waals surface area contributed by atoms with Crippen LogP contribution in [0.2, 0.25) is 0 Å². The van der Waals surface area contributed by atoms with Crippen LogP contribution in [-0.2, 0) is 6.42 Å². The number of rotatable bonds is 4. The number of nitrogens with zero attached hydrogens (tertiary/aromatic N) is 3. The maximum Gasteiger partial charge on any atom is 0.0991 e. The van der Waals surface area contributed by atoms with Gasteiger partial charge in [-0.15, -0.1) is 0 Å². The molecule has 5 rings (SSSR count). The van der Waals surface area contributed by atoms with Crippen molar-refractivity contribution >= 4 is 17.3 Å². The minimum Gasteiger partial charge on any atom is -0.371 e. The van der Waals surface area contributed by atoms with Crippen molar-refractivity contribution in [3.63, 3.8) is 0 Å². The molecule has 31 heavy (non-hydrogen) atoms. The van der Waals surface area contributed by atoms with Gasteiger partial charge < -0.3 is 15.1 Å². The molecule has 0 saturated carbocycles. The molecular weight excluding hydrogens is 380 g/mol. The van der Waals surface area contributed by atoms with E-state index in [4.69, 9.17) is 0 Å². The van der Waals surface area contributed by atoms with Gasteiger partial charge in [0.15, 0.2) is 0 Å². The van der Waals surface area contributed by atoms with Crippen molar-refractivity contribution in [2.24, 2.45) is 0 Å². The van der Waals surface area contributed by atoms with E-state index in [9.17, 15) is 5.26 Å². The first kappa shape index (κ1) is 20.3. The average molecular weight is 413 g/mol. The van der Waals surface area contributed by atoms with Crippen molar-refractivity contribution in [3.8, 4) is 6.07 Å². The molecule has 0 radical (unpaired) electrons. The Labute approximate surface area is 186 Å². The van der Waals surface area contributed by atoms with Crippen LogP contribution in [-0.4, -0.2) is 50.2 Å². The molecule has 4 nitrogen and oxygen atoms in total. The molecule has 2 fully saturated rings. The molecule has 0 unspecified atom stereocenters. The summed E-state index contributed by atoms with van der Waals surface area (Å²) in [6, 6.07) is 18.7. The second kappa shape index (κ2) is 8.86. The van der Waals surface area contributed by atoms with Crippen molar-refractivity contribution < 1.29 is 0 Å². The van der Waals surface area contributed by atoms with Crippen LogP contribution in [0.5, 0.6) is 0 Å². The third-order valence-corrected chi connectivity index (χ3v) is 7.25. The number of allylic oxidation sites excluding steroid dienone is 1. The Bertz CT molecular complexity index is 1000. The lowest BCUT2D eigenvalue weighted by Gasteiger charge is -2.38. The highest BCUT2D eigenvalue weighted by Gasteiger charge is 2.24. The van der Waals surface area contributed by atoms with Crippen LogP contribution in [0.3, 0.4) is 0 Å². The largest absolute Gasteiger partial charge is 0.371 e. The smallest absolute Gasteiger partial charge is 0.0991 e. The molecule has 0 amide bonds. The van der Waals surface area contributed by atoms with E-state index in [0.717, 1.165) is 25.1 Å². The summed E-state index contributed by atoms with van der Waals surface area (Å²) in [4.78, 5) is 4.99. The SMILES string of the molecule is CN1CCC(NC2CCN(c3cccc(C4=Cc5cc(C#N)ccc5C4)c3)CC2)CC1. The van der Waals surface area contributed by atoms with Crippen LogP contribution in [0.4, 0.5) is 5.69 Å². The zero-order valence-corrected chi connectivity index (χ0v) is 18.5. The molecule has 2 aromatic rings. The van der Waals surface area contributed by atoms with Crippen LogP contribution in [0.1, 0.15) is 47.9 Å². The van der Waals surface area contributed by atoms with E-state index in [0.29, 0.717) is 12.1 Å². The predicted molar refractivity (Wildman–Crippen MR) is 128 cm³/mol. The van der Waals surface area contributed by atoms with E-state index in [1.165, 1.54) is 66.7 Å². The summed E-state index contributed by atoms with van der Waals surface area (Å²) in [6.45, 7) is 4.69. The highest BCUT2D eigenvalue weighted by Crippen LogP contribution is 2.34. The molecule has 0 spiro atoms. The Hall–Kier alpha value is -2.61. The van der Waals surface area contributed by atoms with Crippen molar-refractivity contribution in [3.05, 3.63) is 64.7 Å². The maximum atomic E-state index is 9.17. The third-order valence-electron chi connectivity index (χ3n) is 7.25. The topological polar surface area (TPSA) is 42.3 Å². The number of nitriles is 1. The van der Waals surface area contributed by atoms with Gasteiger partial charge in [0.2, 0.25) is 0 Å². The van der Waals surface area contributed by atoms with Gasteiger partial charge in [0.05, 0.1) is 11.6 Å². The fraction of sp³-hybridized carbons (Fsp3) is 0.444. The Kier molecular flexibility index (Phi) is 5.80. The van der Waals surface area contributed by atoms with Gasteiger partial charge in [0.25, 0.3) is 0 Å². The molecule has 4 heteroatoms. The number of nitrogens with one attached hydrogen (secondary N) is 1. The number of piperidine rings is 2. The van der Waals surface area contributed by atoms with Crippen molar-refractivity contribution in [1.82, 2.24) is 10.2 Å². The quantitative estimate of drug-likeness (QED) is 0.813. The lowest BCUT2D eigenvalue weighted by molar-refractivity contribution is 0.217. The Morgan fingerprint density at radius 3 is 2.42 bits per heavy atom. The summed E-state index contributed by atoms with van der Waals surface area (Å²) < 4.78 is 0. The van der Waals surface area contributed by atoms with Gasteiger partial charge in [-0.2, -0.15) is 5.26 Å². The summed E-state index contributed by atoms with van der Waals surface area (Å²) in [5.74, 6) is 0. The van der Waals surface area contributed by atoms with Gasteiger partial charge in [0, 0.05) is 30.9 Å². The van der Waals surface area contributed by atoms with Gasteiger partial charge >= 0.3 is 0 Å². The van der Waals surface area contributed by atoms with Gasteiger partial charge in [-0.25, -0.2) is 0 Å². The molecule has 0 aromatic heterocycles. The van der Waals surface area contributed by atoms with E-state index >= 15 is 0 Å². The minimum absolute atomic E-state index is 0.661. The number of benzene rings is 2. The summed E-state index contributed by atoms with van der Waals surface area (Å²) in [6.07, 6.45) is 8.22. The minimum atomic E-state index is 0.661. The van der Waals surface area contributed by atoms with E-state index in [-0.39, 0.29) is 0 Å². The van der Waals surface area contributed by atoms with Crippen LogP contribution in [0.15, 0.2) is 42.5 Å². The van der Waals surface area contributed by atoms with Crippen LogP contribution in [0.25, 0.3) is 11.6 Å². The summed E-state index contributed by atoms with van der Waals surface area (Å²) >= 11 is 0. The van der Waals surface area contributed by atoms with E-state index in [1.54, 1.807) is 0 Å². The molecule has 160 valence electrons. The van der Waals surface area contributed by atoms with Crippen LogP contribution < -0.4 is 10.2 Å². The Morgan fingerprint density at radius 1 is 0.935 bits per heavy atom. The summed E-state index contributed by atoms with van der Waals surface area (Å²) in [5.41, 5.74) is 7.25. The summed E-state index contributed by atoms with van der Waals surface area (Å²) in [5, 5.41) is 13.1. The van der Waals surface area contributed by atoms with Crippen LogP contribution in [0, 0.1) is 11.3 Å². The molecule has 0 atom stereocenters. The number of likely N-dealkylation sites (tertiary alicyclic amines) is 1. The summed E-state index contributed by atoms with van der Waals surface area (Å²) in [7, 11) is 2.23. The van der Waals surface area contributed by atoms with Crippen molar-refractivity contribution in [1.29, 1.82) is 5.26 Å². The molecule has 0 bridgehead atoms. The first-order valence-corrected chi connectivity index (χ1v) is 11.7. The molecular formula is C27H32N4. The maximum absolute atomic E-state index is 9.17. The third kappa shape index (κ3) is 4.54. The highest BCUT2D eigenvalue weighted by atomic mass is 15.2. The fourth-order valence-corrected chi connectivity index (χ4v) is 5.30. The van der Waals surface area contributed by atoms with E-state index < -0.39 is 0 Å². The molecule has 2 aromatic carbocycles. The zero-order chi connectivity index (χ0) is 21.2. The molecule has 1 aliphatic carbocycles. The standard InChI is InChI=1S/C27H32N4/c1-30-11-7-25(8-12-30)29-26-9-13-31(14-10-26)27-4-2-3-21(18-27)24-16-22-6-5-20(19-28)15-23(22)17-24/h2-6,15,17-18,25-26,29H,7-14,16H2,1H3. The number of hydrogen-bond donors (Lipinski definition) is 1. The van der Waals surface area contributed by atoms with Gasteiger partial charge in [0.1, 0.15) is 0 Å². The zero-order valence-electron chi connectivity index (χ0n) is 18.5. The molecule has 2 aliphatic heterocycles.